The normalized spacial score (nSPS) is 13.5. The van der Waals surface area contributed by atoms with Crippen LogP contribution in [0.4, 0.5) is 11.4 Å². The lowest BCUT2D eigenvalue weighted by Gasteiger charge is -2.37. The van der Waals surface area contributed by atoms with Gasteiger partial charge in [0.15, 0.2) is 5.76 Å². The summed E-state index contributed by atoms with van der Waals surface area (Å²) in [7, 11) is 0. The highest BCUT2D eigenvalue weighted by atomic mass is 32.2. The molecule has 0 saturated carbocycles. The second kappa shape index (κ2) is 12.2. The Labute approximate surface area is 233 Å². The molecule has 7 nitrogen and oxygen atoms in total. The molecule has 5 rings (SSSR count). The Bertz CT molecular complexity index is 1340. The monoisotopic (exact) mass is 540 g/mol. The summed E-state index contributed by atoms with van der Waals surface area (Å²) in [6.07, 6.45) is 0. The maximum Gasteiger partial charge on any atom is 0.257 e. The quantitative estimate of drug-likeness (QED) is 0.274. The molecule has 3 aromatic carbocycles. The van der Waals surface area contributed by atoms with E-state index in [1.54, 1.807) is 0 Å². The molecule has 1 aliphatic heterocycles. The Morgan fingerprint density at radius 2 is 1.49 bits per heavy atom. The smallest absolute Gasteiger partial charge is 0.257 e. The molecule has 1 N–H and O–H groups in total. The first-order chi connectivity index (χ1) is 19.0. The number of oxazole rings is 1. The highest BCUT2D eigenvalue weighted by Crippen LogP contribution is 2.35. The van der Waals surface area contributed by atoms with E-state index >= 15 is 0 Å². The van der Waals surface area contributed by atoms with Crippen LogP contribution in [0.3, 0.4) is 0 Å². The van der Waals surface area contributed by atoms with Crippen LogP contribution < -0.4 is 10.2 Å². The zero-order valence-corrected chi connectivity index (χ0v) is 23.0. The zero-order chi connectivity index (χ0) is 27.2. The molecule has 39 heavy (non-hydrogen) atoms. The van der Waals surface area contributed by atoms with E-state index in [1.807, 2.05) is 104 Å². The van der Waals surface area contributed by atoms with Crippen molar-refractivity contribution in [1.29, 1.82) is 0 Å². The van der Waals surface area contributed by atoms with Gasteiger partial charge in [0.2, 0.25) is 11.8 Å². The molecule has 2 amide bonds. The summed E-state index contributed by atoms with van der Waals surface area (Å²) in [5.74, 6) is 0.973. The van der Waals surface area contributed by atoms with E-state index in [-0.39, 0.29) is 23.5 Å². The van der Waals surface area contributed by atoms with Crippen LogP contribution in [-0.2, 0) is 9.59 Å². The zero-order valence-electron chi connectivity index (χ0n) is 22.2. The summed E-state index contributed by atoms with van der Waals surface area (Å²) in [5, 5.41) is 3.41. The van der Waals surface area contributed by atoms with Crippen molar-refractivity contribution >= 4 is 35.0 Å². The third kappa shape index (κ3) is 6.52. The maximum atomic E-state index is 12.7. The molecule has 2 heterocycles. The van der Waals surface area contributed by atoms with Gasteiger partial charge in [-0.1, -0.05) is 86.3 Å². The minimum absolute atomic E-state index is 0.0259. The van der Waals surface area contributed by atoms with Crippen LogP contribution in [0.25, 0.3) is 22.6 Å². The summed E-state index contributed by atoms with van der Waals surface area (Å²) < 4.78 is 6.12. The fraction of sp³-hybridized carbons (Fsp3) is 0.258. The standard InChI is InChI=1S/C31H32N4O3S/c1-22(2)30(37)35-19-17-34(18-20-35)26-15-13-25(14-16-26)32-27(36)21-39-31-33-28(23-9-5-3-6-10-23)29(38-31)24-11-7-4-8-12-24/h3-16,22H,17-21H2,1-2H3,(H,32,36). The van der Waals surface area contributed by atoms with Gasteiger partial charge in [-0.15, -0.1) is 0 Å². The number of rotatable bonds is 8. The number of nitrogens with zero attached hydrogens (tertiary/aromatic N) is 3. The van der Waals surface area contributed by atoms with E-state index in [0.29, 0.717) is 11.0 Å². The van der Waals surface area contributed by atoms with Crippen LogP contribution in [0.2, 0.25) is 0 Å². The molecule has 0 unspecified atom stereocenters. The molecule has 0 bridgehead atoms. The average Bonchev–Trinajstić information content (AvgIpc) is 3.42. The van der Waals surface area contributed by atoms with Gasteiger partial charge in [-0.05, 0) is 24.3 Å². The molecule has 8 heteroatoms. The van der Waals surface area contributed by atoms with Crippen molar-refractivity contribution in [2.24, 2.45) is 5.92 Å². The van der Waals surface area contributed by atoms with E-state index in [9.17, 15) is 9.59 Å². The molecular formula is C31H32N4O3S. The van der Waals surface area contributed by atoms with Crippen molar-refractivity contribution in [2.45, 2.75) is 19.1 Å². The lowest BCUT2D eigenvalue weighted by molar-refractivity contribution is -0.134. The molecule has 1 saturated heterocycles. The number of amides is 2. The van der Waals surface area contributed by atoms with Crippen LogP contribution in [0.15, 0.2) is 94.6 Å². The van der Waals surface area contributed by atoms with Crippen LogP contribution in [0.1, 0.15) is 13.8 Å². The van der Waals surface area contributed by atoms with Gasteiger partial charge in [0.1, 0.15) is 5.69 Å². The van der Waals surface area contributed by atoms with Gasteiger partial charge in [0.25, 0.3) is 5.22 Å². The first kappa shape index (κ1) is 26.6. The lowest BCUT2D eigenvalue weighted by atomic mass is 10.1. The van der Waals surface area contributed by atoms with Gasteiger partial charge in [-0.25, -0.2) is 4.98 Å². The first-order valence-corrected chi connectivity index (χ1v) is 14.1. The minimum Gasteiger partial charge on any atom is -0.431 e. The summed E-state index contributed by atoms with van der Waals surface area (Å²) in [4.78, 5) is 33.9. The van der Waals surface area contributed by atoms with Gasteiger partial charge in [-0.2, -0.15) is 0 Å². The van der Waals surface area contributed by atoms with Crippen molar-refractivity contribution in [3.63, 3.8) is 0 Å². The largest absolute Gasteiger partial charge is 0.431 e. The first-order valence-electron chi connectivity index (χ1n) is 13.2. The highest BCUT2D eigenvalue weighted by Gasteiger charge is 2.23. The van der Waals surface area contributed by atoms with Crippen LogP contribution in [0, 0.1) is 5.92 Å². The van der Waals surface area contributed by atoms with Crippen molar-refractivity contribution in [3.05, 3.63) is 84.9 Å². The Morgan fingerprint density at radius 3 is 2.10 bits per heavy atom. The molecule has 1 aromatic heterocycles. The average molecular weight is 541 g/mol. The Hall–Kier alpha value is -4.04. The van der Waals surface area contributed by atoms with Gasteiger partial charge >= 0.3 is 0 Å². The third-order valence-electron chi connectivity index (χ3n) is 6.62. The second-order valence-electron chi connectivity index (χ2n) is 9.74. The van der Waals surface area contributed by atoms with E-state index in [0.717, 1.165) is 54.4 Å². The number of benzene rings is 3. The second-order valence-corrected chi connectivity index (χ2v) is 10.7. The number of hydrogen-bond donors (Lipinski definition) is 1. The SMILES string of the molecule is CC(C)C(=O)N1CCN(c2ccc(NC(=O)CSc3nc(-c4ccccc4)c(-c4ccccc4)o3)cc2)CC1. The molecule has 0 atom stereocenters. The van der Waals surface area contributed by atoms with Gasteiger partial charge in [0.05, 0.1) is 5.75 Å². The third-order valence-corrected chi connectivity index (χ3v) is 7.45. The molecule has 1 aliphatic rings. The lowest BCUT2D eigenvalue weighted by Crippen LogP contribution is -2.49. The number of thioether (sulfide) groups is 1. The van der Waals surface area contributed by atoms with E-state index < -0.39 is 0 Å². The van der Waals surface area contributed by atoms with Crippen molar-refractivity contribution < 1.29 is 14.0 Å². The number of carbonyl (C=O) groups is 2. The predicted molar refractivity (Wildman–Crippen MR) is 157 cm³/mol. The minimum atomic E-state index is -0.130. The summed E-state index contributed by atoms with van der Waals surface area (Å²) in [6, 6.07) is 27.6. The van der Waals surface area contributed by atoms with Gasteiger partial charge < -0.3 is 19.5 Å². The van der Waals surface area contributed by atoms with Crippen LogP contribution in [0.5, 0.6) is 0 Å². The molecule has 0 spiro atoms. The van der Waals surface area contributed by atoms with Crippen molar-refractivity contribution in [2.75, 3.05) is 42.1 Å². The number of nitrogens with one attached hydrogen (secondary N) is 1. The fourth-order valence-corrected chi connectivity index (χ4v) is 5.19. The van der Waals surface area contributed by atoms with Gasteiger partial charge in [-0.3, -0.25) is 9.59 Å². The molecular weight excluding hydrogens is 508 g/mol. The van der Waals surface area contributed by atoms with E-state index in [4.69, 9.17) is 9.40 Å². The van der Waals surface area contributed by atoms with Crippen molar-refractivity contribution in [3.8, 4) is 22.6 Å². The molecule has 4 aromatic rings. The molecule has 1 fully saturated rings. The number of piperazine rings is 1. The highest BCUT2D eigenvalue weighted by molar-refractivity contribution is 7.99. The number of hydrogen-bond acceptors (Lipinski definition) is 6. The molecule has 0 radical (unpaired) electrons. The number of carbonyl (C=O) groups excluding carboxylic acids is 2. The fourth-order valence-electron chi connectivity index (χ4n) is 4.57. The van der Waals surface area contributed by atoms with Crippen molar-refractivity contribution in [1.82, 2.24) is 9.88 Å². The summed E-state index contributed by atoms with van der Waals surface area (Å²) >= 11 is 1.27. The topological polar surface area (TPSA) is 78.7 Å². The summed E-state index contributed by atoms with van der Waals surface area (Å²) in [5.41, 5.74) is 4.48. The Balaban J connectivity index is 1.18. The Kier molecular flexibility index (Phi) is 8.32. The van der Waals surface area contributed by atoms with E-state index in [1.165, 1.54) is 11.8 Å². The summed E-state index contributed by atoms with van der Waals surface area (Å²) in [6.45, 7) is 6.93. The number of anilines is 2. The van der Waals surface area contributed by atoms with Crippen LogP contribution >= 0.6 is 11.8 Å². The predicted octanol–water partition coefficient (Wildman–Crippen LogP) is 6.04. The van der Waals surface area contributed by atoms with E-state index in [2.05, 4.69) is 10.2 Å². The molecule has 0 aliphatic carbocycles. The Morgan fingerprint density at radius 1 is 0.872 bits per heavy atom. The molecule has 200 valence electrons. The number of aromatic nitrogens is 1. The van der Waals surface area contributed by atoms with Gasteiger partial charge in [0, 0.05) is 54.6 Å². The van der Waals surface area contributed by atoms with Crippen LogP contribution in [-0.4, -0.2) is 53.6 Å². The maximum absolute atomic E-state index is 12.7.